The van der Waals surface area contributed by atoms with E-state index in [2.05, 4.69) is 26.4 Å². The Morgan fingerprint density at radius 3 is 2.76 bits per heavy atom. The van der Waals surface area contributed by atoms with E-state index in [1.165, 1.54) is 0 Å². The number of quaternary nitrogens is 1. The van der Waals surface area contributed by atoms with Crippen LogP contribution in [0.25, 0.3) is 16.8 Å². The molecule has 5 N–H and O–H groups in total. The van der Waals surface area contributed by atoms with Crippen molar-refractivity contribution in [2.75, 3.05) is 5.32 Å². The van der Waals surface area contributed by atoms with Crippen molar-refractivity contribution >= 4 is 34.7 Å². The molecule has 0 saturated heterocycles. The molecule has 3 aromatic heterocycles. The van der Waals surface area contributed by atoms with Gasteiger partial charge in [-0.05, 0) is 62.1 Å². The number of halogens is 1. The standard InChI is InChI=1S/C24H24ClN7O/c25-20-14-27-24(31-22(20)19-13-28-32-11-2-1-6-21(19)32)30-18-5-3-4-17(12-18)29-23(33)15-7-9-16(26)10-8-15/h1-2,6-11,13-14,17-18H,3-5,12,26H2,(H,29,33)(H,27,30,31)/p+1. The Balaban J connectivity index is 1.29. The highest BCUT2D eigenvalue weighted by Gasteiger charge is 2.25. The maximum atomic E-state index is 12.6. The molecule has 3 heterocycles. The Bertz CT molecular complexity index is 1290. The minimum Gasteiger partial charge on any atom is -0.351 e. The van der Waals surface area contributed by atoms with Gasteiger partial charge in [-0.2, -0.15) is 5.10 Å². The number of hydrogen-bond acceptors (Lipinski definition) is 5. The minimum absolute atomic E-state index is 0.0567. The summed E-state index contributed by atoms with van der Waals surface area (Å²) in [4.78, 5) is 21.7. The van der Waals surface area contributed by atoms with Gasteiger partial charge in [-0.3, -0.25) is 4.79 Å². The van der Waals surface area contributed by atoms with E-state index < -0.39 is 0 Å². The summed E-state index contributed by atoms with van der Waals surface area (Å²) in [6.45, 7) is 0. The van der Waals surface area contributed by atoms with Gasteiger partial charge in [0.15, 0.2) is 0 Å². The van der Waals surface area contributed by atoms with E-state index in [1.54, 1.807) is 29.0 Å². The molecule has 1 amide bonds. The van der Waals surface area contributed by atoms with Crippen LogP contribution >= 0.6 is 11.6 Å². The average Bonchev–Trinajstić information content (AvgIpc) is 3.25. The summed E-state index contributed by atoms with van der Waals surface area (Å²) < 4.78 is 1.79. The summed E-state index contributed by atoms with van der Waals surface area (Å²) in [6, 6.07) is 13.4. The van der Waals surface area contributed by atoms with E-state index in [1.807, 2.05) is 36.5 Å². The molecule has 168 valence electrons. The number of nitrogens with one attached hydrogen (secondary N) is 2. The lowest BCUT2D eigenvalue weighted by Gasteiger charge is -2.30. The summed E-state index contributed by atoms with van der Waals surface area (Å²) in [5, 5.41) is 11.5. The molecule has 2 atom stereocenters. The molecule has 1 aromatic carbocycles. The van der Waals surface area contributed by atoms with Gasteiger partial charge in [0.1, 0.15) is 5.69 Å². The Morgan fingerprint density at radius 2 is 1.91 bits per heavy atom. The molecule has 4 aromatic rings. The van der Waals surface area contributed by atoms with Gasteiger partial charge >= 0.3 is 0 Å². The first-order valence-corrected chi connectivity index (χ1v) is 11.4. The van der Waals surface area contributed by atoms with Crippen LogP contribution in [0.4, 0.5) is 11.6 Å². The first-order valence-electron chi connectivity index (χ1n) is 11.0. The van der Waals surface area contributed by atoms with Crippen LogP contribution in [0.2, 0.25) is 5.02 Å². The highest BCUT2D eigenvalue weighted by molar-refractivity contribution is 6.33. The van der Waals surface area contributed by atoms with E-state index >= 15 is 0 Å². The second-order valence-corrected chi connectivity index (χ2v) is 8.76. The van der Waals surface area contributed by atoms with Gasteiger partial charge in [-0.1, -0.05) is 17.7 Å². The highest BCUT2D eigenvalue weighted by Crippen LogP contribution is 2.30. The van der Waals surface area contributed by atoms with Gasteiger partial charge in [0.25, 0.3) is 5.91 Å². The molecule has 0 spiro atoms. The third-order valence-electron chi connectivity index (χ3n) is 5.98. The summed E-state index contributed by atoms with van der Waals surface area (Å²) in [6.07, 6.45) is 9.02. The lowest BCUT2D eigenvalue weighted by molar-refractivity contribution is -0.254. The normalized spacial score (nSPS) is 18.2. The van der Waals surface area contributed by atoms with E-state index in [9.17, 15) is 4.79 Å². The fourth-order valence-corrected chi connectivity index (χ4v) is 4.49. The lowest BCUT2D eigenvalue weighted by atomic mass is 9.91. The smallest absolute Gasteiger partial charge is 0.251 e. The summed E-state index contributed by atoms with van der Waals surface area (Å²) in [5.74, 6) is 0.464. The fourth-order valence-electron chi connectivity index (χ4n) is 4.30. The number of aromatic nitrogens is 4. The SMILES string of the molecule is [NH3+]c1ccc(C(=O)NC2CCCC(Nc3ncc(Cl)c(-c4cnn5ccccc45)n3)C2)cc1. The summed E-state index contributed by atoms with van der Waals surface area (Å²) in [7, 11) is 0. The first-order chi connectivity index (χ1) is 16.1. The van der Waals surface area contributed by atoms with Crippen LogP contribution in [0.5, 0.6) is 0 Å². The third kappa shape index (κ3) is 4.67. The van der Waals surface area contributed by atoms with E-state index in [4.69, 9.17) is 16.6 Å². The van der Waals surface area contributed by atoms with E-state index in [0.717, 1.165) is 42.5 Å². The number of nitrogens with zero attached hydrogens (tertiary/aromatic N) is 4. The predicted molar refractivity (Wildman–Crippen MR) is 127 cm³/mol. The predicted octanol–water partition coefficient (Wildman–Crippen LogP) is 3.47. The number of rotatable bonds is 5. The zero-order chi connectivity index (χ0) is 22.8. The number of amides is 1. The number of fused-ring (bicyclic) bond motifs is 1. The minimum atomic E-state index is -0.0567. The Kier molecular flexibility index (Phi) is 5.93. The maximum Gasteiger partial charge on any atom is 0.251 e. The van der Waals surface area contributed by atoms with E-state index in [0.29, 0.717) is 22.2 Å². The molecule has 0 aliphatic heterocycles. The van der Waals surface area contributed by atoms with Crippen LogP contribution in [0.3, 0.4) is 0 Å². The van der Waals surface area contributed by atoms with Crippen LogP contribution in [-0.2, 0) is 0 Å². The van der Waals surface area contributed by atoms with Gasteiger partial charge in [0.05, 0.1) is 28.6 Å². The molecule has 1 aliphatic rings. The lowest BCUT2D eigenvalue weighted by Crippen LogP contribution is -2.42. The zero-order valence-electron chi connectivity index (χ0n) is 18.0. The van der Waals surface area contributed by atoms with Gasteiger partial charge < -0.3 is 16.4 Å². The Hall–Kier alpha value is -3.49. The summed E-state index contributed by atoms with van der Waals surface area (Å²) in [5.41, 5.74) is 7.83. The number of hydrogen-bond donors (Lipinski definition) is 3. The largest absolute Gasteiger partial charge is 0.351 e. The first kappa shape index (κ1) is 21.4. The second-order valence-electron chi connectivity index (χ2n) is 8.35. The number of benzene rings is 1. The molecule has 5 rings (SSSR count). The van der Waals surface area contributed by atoms with E-state index in [-0.39, 0.29) is 18.0 Å². The van der Waals surface area contributed by atoms with Crippen LogP contribution in [-0.4, -0.2) is 37.6 Å². The molecule has 1 aliphatic carbocycles. The molecule has 1 saturated carbocycles. The quantitative estimate of drug-likeness (QED) is 0.420. The third-order valence-corrected chi connectivity index (χ3v) is 6.26. The van der Waals surface area contributed by atoms with Gasteiger partial charge in [-0.15, -0.1) is 0 Å². The van der Waals surface area contributed by atoms with Crippen molar-refractivity contribution in [2.45, 2.75) is 37.8 Å². The van der Waals surface area contributed by atoms with Crippen molar-refractivity contribution < 1.29 is 10.5 Å². The molecule has 8 nitrogen and oxygen atoms in total. The topological polar surface area (TPSA) is 112 Å². The summed E-state index contributed by atoms with van der Waals surface area (Å²) >= 11 is 6.44. The molecule has 2 unspecified atom stereocenters. The molecule has 1 fully saturated rings. The monoisotopic (exact) mass is 462 g/mol. The van der Waals surface area contributed by atoms with Gasteiger partial charge in [0.2, 0.25) is 5.95 Å². The molecule has 0 bridgehead atoms. The zero-order valence-corrected chi connectivity index (χ0v) is 18.8. The highest BCUT2D eigenvalue weighted by atomic mass is 35.5. The molecule has 0 radical (unpaired) electrons. The van der Waals surface area contributed by atoms with Crippen molar-refractivity contribution in [3.63, 3.8) is 0 Å². The number of carbonyl (C=O) groups excluding carboxylic acids is 1. The van der Waals surface area contributed by atoms with Crippen molar-refractivity contribution in [1.82, 2.24) is 24.9 Å². The van der Waals surface area contributed by atoms with Crippen molar-refractivity contribution in [2.24, 2.45) is 0 Å². The fraction of sp³-hybridized carbons (Fsp3) is 0.250. The molecular weight excluding hydrogens is 438 g/mol. The van der Waals surface area contributed by atoms with Crippen molar-refractivity contribution in [1.29, 1.82) is 0 Å². The second kappa shape index (κ2) is 9.17. The molecule has 33 heavy (non-hydrogen) atoms. The van der Waals surface area contributed by atoms with Crippen molar-refractivity contribution in [3.8, 4) is 11.3 Å². The van der Waals surface area contributed by atoms with Crippen LogP contribution in [0.15, 0.2) is 61.1 Å². The van der Waals surface area contributed by atoms with Crippen LogP contribution < -0.4 is 16.4 Å². The van der Waals surface area contributed by atoms with Gasteiger partial charge in [-0.25, -0.2) is 14.5 Å². The molecule has 9 heteroatoms. The Morgan fingerprint density at radius 1 is 1.09 bits per heavy atom. The molecular formula is C24H25ClN7O+. The Labute approximate surface area is 196 Å². The average molecular weight is 463 g/mol. The van der Waals surface area contributed by atoms with Crippen LogP contribution in [0.1, 0.15) is 36.0 Å². The number of anilines is 1. The van der Waals surface area contributed by atoms with Gasteiger partial charge in [0, 0.05) is 29.4 Å². The number of pyridine rings is 1. The van der Waals surface area contributed by atoms with Crippen molar-refractivity contribution in [3.05, 3.63) is 71.6 Å². The maximum absolute atomic E-state index is 12.6. The number of carbonyl (C=O) groups is 1. The van der Waals surface area contributed by atoms with Crippen LogP contribution in [0, 0.1) is 0 Å².